The van der Waals surface area contributed by atoms with Gasteiger partial charge < -0.3 is 16.0 Å². The van der Waals surface area contributed by atoms with Gasteiger partial charge in [-0.3, -0.25) is 14.6 Å². The molecule has 0 fully saturated rings. The molecule has 0 saturated carbocycles. The number of carbonyl (C=O) groups excluding carboxylic acids is 2. The van der Waals surface area contributed by atoms with Crippen LogP contribution in [0.5, 0.6) is 0 Å². The maximum absolute atomic E-state index is 12.6. The first-order valence-corrected chi connectivity index (χ1v) is 8.89. The van der Waals surface area contributed by atoms with E-state index in [4.69, 9.17) is 0 Å². The number of amides is 2. The smallest absolute Gasteiger partial charge is 0.257 e. The van der Waals surface area contributed by atoms with Crippen LogP contribution in [0.3, 0.4) is 0 Å². The summed E-state index contributed by atoms with van der Waals surface area (Å²) in [5, 5.41) is 8.86. The predicted molar refractivity (Wildman–Crippen MR) is 112 cm³/mol. The average molecular weight is 374 g/mol. The molecule has 2 aromatic carbocycles. The second-order valence-electron chi connectivity index (χ2n) is 6.57. The Kier molecular flexibility index (Phi) is 5.69. The van der Waals surface area contributed by atoms with Gasteiger partial charge in [-0.05, 0) is 55.3 Å². The zero-order valence-electron chi connectivity index (χ0n) is 16.0. The van der Waals surface area contributed by atoms with Gasteiger partial charge in [-0.15, -0.1) is 0 Å². The third kappa shape index (κ3) is 4.73. The van der Waals surface area contributed by atoms with Crippen LogP contribution in [0, 0.1) is 13.8 Å². The van der Waals surface area contributed by atoms with Crippen molar-refractivity contribution >= 4 is 34.6 Å². The van der Waals surface area contributed by atoms with E-state index < -0.39 is 0 Å². The van der Waals surface area contributed by atoms with Gasteiger partial charge in [0.05, 0.1) is 17.4 Å². The number of benzene rings is 2. The summed E-state index contributed by atoms with van der Waals surface area (Å²) < 4.78 is 0. The Labute approximate surface area is 164 Å². The fourth-order valence-corrected chi connectivity index (χ4v) is 2.83. The second-order valence-corrected chi connectivity index (χ2v) is 6.57. The van der Waals surface area contributed by atoms with Crippen LogP contribution in [-0.4, -0.2) is 16.8 Å². The van der Waals surface area contributed by atoms with Crippen molar-refractivity contribution in [3.8, 4) is 0 Å². The van der Waals surface area contributed by atoms with E-state index in [1.165, 1.54) is 13.1 Å². The first-order chi connectivity index (χ1) is 13.4. The van der Waals surface area contributed by atoms with Gasteiger partial charge in [0.1, 0.15) is 0 Å². The molecule has 3 rings (SSSR count). The number of rotatable bonds is 5. The summed E-state index contributed by atoms with van der Waals surface area (Å²) >= 11 is 0. The Morgan fingerprint density at radius 1 is 0.821 bits per heavy atom. The Balaban J connectivity index is 1.72. The molecule has 28 heavy (non-hydrogen) atoms. The first-order valence-electron chi connectivity index (χ1n) is 8.89. The van der Waals surface area contributed by atoms with E-state index in [2.05, 4.69) is 20.9 Å². The lowest BCUT2D eigenvalue weighted by Crippen LogP contribution is -2.13. The summed E-state index contributed by atoms with van der Waals surface area (Å²) in [6.45, 7) is 5.51. The van der Waals surface area contributed by atoms with Crippen LogP contribution < -0.4 is 16.0 Å². The molecule has 0 aliphatic carbocycles. The molecule has 2 amide bonds. The van der Waals surface area contributed by atoms with Crippen LogP contribution in [-0.2, 0) is 4.79 Å². The quantitative estimate of drug-likeness (QED) is 0.607. The van der Waals surface area contributed by atoms with Crippen LogP contribution >= 0.6 is 0 Å². The van der Waals surface area contributed by atoms with Gasteiger partial charge in [-0.1, -0.05) is 18.2 Å². The van der Waals surface area contributed by atoms with Crippen molar-refractivity contribution in [3.05, 3.63) is 77.6 Å². The molecule has 0 aliphatic rings. The van der Waals surface area contributed by atoms with Crippen LogP contribution in [0.4, 0.5) is 22.7 Å². The Morgan fingerprint density at radius 3 is 2.04 bits per heavy atom. The molecule has 3 aromatic rings. The number of nitrogens with one attached hydrogen (secondary N) is 3. The van der Waals surface area contributed by atoms with Crippen molar-refractivity contribution in [1.82, 2.24) is 4.98 Å². The highest BCUT2D eigenvalue weighted by molar-refractivity contribution is 6.04. The molecule has 0 saturated heterocycles. The summed E-state index contributed by atoms with van der Waals surface area (Å²) in [4.78, 5) is 27.8. The number of carbonyl (C=O) groups is 2. The SMILES string of the molecule is CC(=O)Nc1ccc(NC(=O)c2cncc(Nc3c(C)cccc3C)c2)cc1. The molecule has 0 atom stereocenters. The molecular weight excluding hydrogens is 352 g/mol. The van der Waals surface area contributed by atoms with E-state index in [1.54, 1.807) is 36.5 Å². The van der Waals surface area contributed by atoms with Crippen LogP contribution in [0.1, 0.15) is 28.4 Å². The van der Waals surface area contributed by atoms with Crippen molar-refractivity contribution < 1.29 is 9.59 Å². The highest BCUT2D eigenvalue weighted by Gasteiger charge is 2.09. The lowest BCUT2D eigenvalue weighted by Gasteiger charge is -2.13. The molecule has 0 spiro atoms. The zero-order valence-corrected chi connectivity index (χ0v) is 16.0. The summed E-state index contributed by atoms with van der Waals surface area (Å²) in [6, 6.07) is 14.8. The van der Waals surface area contributed by atoms with E-state index in [1.807, 2.05) is 32.0 Å². The van der Waals surface area contributed by atoms with E-state index in [9.17, 15) is 9.59 Å². The molecule has 0 aliphatic heterocycles. The second kappa shape index (κ2) is 8.35. The summed E-state index contributed by atoms with van der Waals surface area (Å²) in [5.74, 6) is -0.402. The number of aromatic nitrogens is 1. The van der Waals surface area contributed by atoms with Gasteiger partial charge in [0.2, 0.25) is 5.91 Å². The Hall–Kier alpha value is -3.67. The van der Waals surface area contributed by atoms with Gasteiger partial charge in [0.25, 0.3) is 5.91 Å². The summed E-state index contributed by atoms with van der Waals surface area (Å²) in [5.41, 5.74) is 5.74. The van der Waals surface area contributed by atoms with E-state index in [0.717, 1.165) is 22.5 Å². The Morgan fingerprint density at radius 2 is 1.43 bits per heavy atom. The monoisotopic (exact) mass is 374 g/mol. The molecule has 142 valence electrons. The lowest BCUT2D eigenvalue weighted by molar-refractivity contribution is -0.114. The number of para-hydroxylation sites is 1. The van der Waals surface area contributed by atoms with Gasteiger partial charge in [0, 0.05) is 30.2 Å². The van der Waals surface area contributed by atoms with E-state index in [-0.39, 0.29) is 11.8 Å². The zero-order chi connectivity index (χ0) is 20.1. The Bertz CT molecular complexity index is 993. The van der Waals surface area contributed by atoms with Gasteiger partial charge >= 0.3 is 0 Å². The highest BCUT2D eigenvalue weighted by atomic mass is 16.2. The third-order valence-electron chi connectivity index (χ3n) is 4.21. The van der Waals surface area contributed by atoms with Crippen molar-refractivity contribution in [3.63, 3.8) is 0 Å². The molecule has 3 N–H and O–H groups in total. The number of anilines is 4. The van der Waals surface area contributed by atoms with Gasteiger partial charge in [-0.2, -0.15) is 0 Å². The topological polar surface area (TPSA) is 83.1 Å². The normalized spacial score (nSPS) is 10.2. The molecule has 1 heterocycles. The maximum atomic E-state index is 12.6. The van der Waals surface area contributed by atoms with Crippen molar-refractivity contribution in [2.75, 3.05) is 16.0 Å². The fourth-order valence-electron chi connectivity index (χ4n) is 2.83. The molecular formula is C22H22N4O2. The predicted octanol–water partition coefficient (Wildman–Crippen LogP) is 4.65. The summed E-state index contributed by atoms with van der Waals surface area (Å²) in [6.07, 6.45) is 3.21. The first kappa shape index (κ1) is 19.1. The fraction of sp³-hybridized carbons (Fsp3) is 0.136. The minimum absolute atomic E-state index is 0.143. The number of pyridine rings is 1. The average Bonchev–Trinajstić information content (AvgIpc) is 2.66. The van der Waals surface area contributed by atoms with Crippen LogP contribution in [0.25, 0.3) is 0 Å². The minimum Gasteiger partial charge on any atom is -0.354 e. The molecule has 0 bridgehead atoms. The molecule has 6 heteroatoms. The molecule has 6 nitrogen and oxygen atoms in total. The number of hydrogen-bond donors (Lipinski definition) is 3. The largest absolute Gasteiger partial charge is 0.354 e. The molecule has 0 radical (unpaired) electrons. The molecule has 0 unspecified atom stereocenters. The van der Waals surface area contributed by atoms with Crippen molar-refractivity contribution in [2.45, 2.75) is 20.8 Å². The van der Waals surface area contributed by atoms with Crippen molar-refractivity contribution in [1.29, 1.82) is 0 Å². The van der Waals surface area contributed by atoms with Crippen LogP contribution in [0.2, 0.25) is 0 Å². The summed E-state index contributed by atoms with van der Waals surface area (Å²) in [7, 11) is 0. The standard InChI is InChI=1S/C22H22N4O2/c1-14-5-4-6-15(2)21(14)25-20-11-17(12-23-13-20)22(28)26-19-9-7-18(8-10-19)24-16(3)27/h4-13,25H,1-3H3,(H,24,27)(H,26,28). The highest BCUT2D eigenvalue weighted by Crippen LogP contribution is 2.24. The number of nitrogens with zero attached hydrogens (tertiary/aromatic N) is 1. The van der Waals surface area contributed by atoms with Crippen LogP contribution in [0.15, 0.2) is 60.9 Å². The maximum Gasteiger partial charge on any atom is 0.257 e. The van der Waals surface area contributed by atoms with Crippen molar-refractivity contribution in [2.24, 2.45) is 0 Å². The number of hydrogen-bond acceptors (Lipinski definition) is 4. The molecule has 1 aromatic heterocycles. The minimum atomic E-state index is -0.259. The lowest BCUT2D eigenvalue weighted by atomic mass is 10.1. The van der Waals surface area contributed by atoms with Gasteiger partial charge in [0.15, 0.2) is 0 Å². The third-order valence-corrected chi connectivity index (χ3v) is 4.21. The number of aryl methyl sites for hydroxylation is 2. The van der Waals surface area contributed by atoms with E-state index in [0.29, 0.717) is 16.9 Å². The van der Waals surface area contributed by atoms with Gasteiger partial charge in [-0.25, -0.2) is 0 Å². The van der Waals surface area contributed by atoms with E-state index >= 15 is 0 Å².